The van der Waals surface area contributed by atoms with Gasteiger partial charge in [0.2, 0.25) is 5.91 Å². The highest BCUT2D eigenvalue weighted by Gasteiger charge is 2.13. The molecule has 1 fully saturated rings. The van der Waals surface area contributed by atoms with Crippen molar-refractivity contribution >= 4 is 5.91 Å². The summed E-state index contributed by atoms with van der Waals surface area (Å²) in [6.45, 7) is 4.70. The van der Waals surface area contributed by atoms with Crippen LogP contribution in [-0.2, 0) is 9.53 Å². The summed E-state index contributed by atoms with van der Waals surface area (Å²) in [6, 6.07) is 0. The van der Waals surface area contributed by atoms with Gasteiger partial charge in [-0.05, 0) is 31.6 Å². The summed E-state index contributed by atoms with van der Waals surface area (Å²) in [5.74, 6) is 0.721. The highest BCUT2D eigenvalue weighted by atomic mass is 16.5. The Hall–Kier alpha value is -1.09. The van der Waals surface area contributed by atoms with E-state index in [0.717, 1.165) is 45.4 Å². The smallest absolute Gasteiger partial charge is 0.243 e. The van der Waals surface area contributed by atoms with Gasteiger partial charge in [0.1, 0.15) is 0 Å². The standard InChI is InChI=1S/C16H27NO2/c1-2-3-4-5-6-7-8-16(18)17-12-9-15-10-13-19-14-11-15/h5-8,15H,2-4,9-14H2,1H3,(H,17,18)/b6-5+,8-7+. The van der Waals surface area contributed by atoms with Gasteiger partial charge in [-0.2, -0.15) is 0 Å². The van der Waals surface area contributed by atoms with E-state index >= 15 is 0 Å². The number of allylic oxidation sites excluding steroid dienone is 3. The lowest BCUT2D eigenvalue weighted by molar-refractivity contribution is -0.116. The van der Waals surface area contributed by atoms with Crippen molar-refractivity contribution in [1.29, 1.82) is 0 Å². The van der Waals surface area contributed by atoms with E-state index < -0.39 is 0 Å². The molecule has 1 amide bonds. The summed E-state index contributed by atoms with van der Waals surface area (Å²) in [5, 5.41) is 2.93. The van der Waals surface area contributed by atoms with Crippen LogP contribution < -0.4 is 5.32 Å². The van der Waals surface area contributed by atoms with Gasteiger partial charge in [0.05, 0.1) is 0 Å². The molecule has 0 aromatic heterocycles. The van der Waals surface area contributed by atoms with Crippen LogP contribution in [0.3, 0.4) is 0 Å². The minimum absolute atomic E-state index is 0.00667. The molecular weight excluding hydrogens is 238 g/mol. The first-order valence-electron chi connectivity index (χ1n) is 7.51. The second-order valence-corrected chi connectivity index (χ2v) is 5.06. The minimum atomic E-state index is 0.00667. The largest absolute Gasteiger partial charge is 0.381 e. The van der Waals surface area contributed by atoms with E-state index in [0.29, 0.717) is 5.92 Å². The van der Waals surface area contributed by atoms with Gasteiger partial charge in [0.15, 0.2) is 0 Å². The van der Waals surface area contributed by atoms with Crippen molar-refractivity contribution < 1.29 is 9.53 Å². The Balaban J connectivity index is 2.03. The maximum Gasteiger partial charge on any atom is 0.243 e. The lowest BCUT2D eigenvalue weighted by Crippen LogP contribution is -2.26. The zero-order chi connectivity index (χ0) is 13.8. The molecule has 1 N–H and O–H groups in total. The highest BCUT2D eigenvalue weighted by molar-refractivity contribution is 5.87. The summed E-state index contributed by atoms with van der Waals surface area (Å²) in [4.78, 5) is 11.5. The van der Waals surface area contributed by atoms with E-state index in [1.54, 1.807) is 6.08 Å². The summed E-state index contributed by atoms with van der Waals surface area (Å²) in [6.07, 6.45) is 14.3. The Bertz CT molecular complexity index is 291. The van der Waals surface area contributed by atoms with Gasteiger partial charge in [-0.1, -0.05) is 38.0 Å². The van der Waals surface area contributed by atoms with E-state index in [-0.39, 0.29) is 5.91 Å². The van der Waals surface area contributed by atoms with Crippen LogP contribution in [0, 0.1) is 5.92 Å². The number of amides is 1. The molecule has 0 unspecified atom stereocenters. The molecule has 0 atom stereocenters. The lowest BCUT2D eigenvalue weighted by Gasteiger charge is -2.21. The number of carbonyl (C=O) groups is 1. The second kappa shape index (κ2) is 10.8. The summed E-state index contributed by atoms with van der Waals surface area (Å²) in [5.41, 5.74) is 0. The maximum absolute atomic E-state index is 11.5. The van der Waals surface area contributed by atoms with Gasteiger partial charge in [0.25, 0.3) is 0 Å². The summed E-state index contributed by atoms with van der Waals surface area (Å²) >= 11 is 0. The average Bonchev–Trinajstić information content (AvgIpc) is 2.44. The van der Waals surface area contributed by atoms with E-state index in [2.05, 4.69) is 18.3 Å². The van der Waals surface area contributed by atoms with Gasteiger partial charge >= 0.3 is 0 Å². The normalized spacial score (nSPS) is 17.3. The van der Waals surface area contributed by atoms with Crippen LogP contribution in [0.15, 0.2) is 24.3 Å². The van der Waals surface area contributed by atoms with Crippen molar-refractivity contribution in [2.24, 2.45) is 5.92 Å². The SMILES string of the molecule is CCCC/C=C/C=C/C(=O)NCCC1CCOCC1. The van der Waals surface area contributed by atoms with E-state index in [1.807, 2.05) is 12.2 Å². The van der Waals surface area contributed by atoms with Gasteiger partial charge in [-0.15, -0.1) is 0 Å². The molecule has 1 aliphatic heterocycles. The molecule has 0 bridgehead atoms. The van der Waals surface area contributed by atoms with Gasteiger partial charge in [-0.3, -0.25) is 4.79 Å². The number of carbonyl (C=O) groups excluding carboxylic acids is 1. The Morgan fingerprint density at radius 3 is 2.84 bits per heavy atom. The maximum atomic E-state index is 11.5. The van der Waals surface area contributed by atoms with Crippen LogP contribution >= 0.6 is 0 Å². The highest BCUT2D eigenvalue weighted by Crippen LogP contribution is 2.17. The third-order valence-electron chi connectivity index (χ3n) is 3.41. The first-order valence-corrected chi connectivity index (χ1v) is 7.51. The lowest BCUT2D eigenvalue weighted by atomic mass is 9.97. The second-order valence-electron chi connectivity index (χ2n) is 5.06. The summed E-state index contributed by atoms with van der Waals surface area (Å²) in [7, 11) is 0. The van der Waals surface area contributed by atoms with E-state index in [9.17, 15) is 4.79 Å². The molecule has 0 spiro atoms. The number of ether oxygens (including phenoxy) is 1. The zero-order valence-corrected chi connectivity index (χ0v) is 12.1. The number of rotatable bonds is 8. The van der Waals surface area contributed by atoms with Crippen LogP contribution in [0.5, 0.6) is 0 Å². The Morgan fingerprint density at radius 1 is 1.32 bits per heavy atom. The molecule has 0 aromatic carbocycles. The van der Waals surface area contributed by atoms with Crippen LogP contribution in [0.25, 0.3) is 0 Å². The fraction of sp³-hybridized carbons (Fsp3) is 0.688. The molecule has 1 rings (SSSR count). The quantitative estimate of drug-likeness (QED) is 0.416. The topological polar surface area (TPSA) is 38.3 Å². The molecule has 1 saturated heterocycles. The molecule has 0 saturated carbocycles. The molecular formula is C16H27NO2. The van der Waals surface area contributed by atoms with Crippen molar-refractivity contribution in [1.82, 2.24) is 5.32 Å². The molecule has 3 heteroatoms. The van der Waals surface area contributed by atoms with Crippen molar-refractivity contribution in [3.8, 4) is 0 Å². The molecule has 3 nitrogen and oxygen atoms in total. The van der Waals surface area contributed by atoms with Crippen molar-refractivity contribution in [2.45, 2.75) is 45.4 Å². The van der Waals surface area contributed by atoms with Gasteiger partial charge in [-0.25, -0.2) is 0 Å². The Labute approximate surface area is 117 Å². The third-order valence-corrected chi connectivity index (χ3v) is 3.41. The Morgan fingerprint density at radius 2 is 2.11 bits per heavy atom. The van der Waals surface area contributed by atoms with Crippen LogP contribution in [0.2, 0.25) is 0 Å². The first kappa shape index (κ1) is 16.0. The molecule has 1 heterocycles. The molecule has 19 heavy (non-hydrogen) atoms. The predicted molar refractivity (Wildman–Crippen MR) is 79.0 cm³/mol. The van der Waals surface area contributed by atoms with Crippen LogP contribution in [0.1, 0.15) is 45.4 Å². The monoisotopic (exact) mass is 265 g/mol. The van der Waals surface area contributed by atoms with Crippen LogP contribution in [0.4, 0.5) is 0 Å². The molecule has 0 aromatic rings. The van der Waals surface area contributed by atoms with Gasteiger partial charge < -0.3 is 10.1 Å². The van der Waals surface area contributed by atoms with Gasteiger partial charge in [0, 0.05) is 25.8 Å². The van der Waals surface area contributed by atoms with E-state index in [1.165, 1.54) is 12.8 Å². The zero-order valence-electron chi connectivity index (χ0n) is 12.1. The number of unbranched alkanes of at least 4 members (excludes halogenated alkanes) is 2. The number of nitrogens with one attached hydrogen (secondary N) is 1. The fourth-order valence-electron chi connectivity index (χ4n) is 2.13. The molecule has 0 radical (unpaired) electrons. The minimum Gasteiger partial charge on any atom is -0.381 e. The average molecular weight is 265 g/mol. The van der Waals surface area contributed by atoms with Crippen molar-refractivity contribution in [3.63, 3.8) is 0 Å². The summed E-state index contributed by atoms with van der Waals surface area (Å²) < 4.78 is 5.31. The van der Waals surface area contributed by atoms with Crippen LogP contribution in [-0.4, -0.2) is 25.7 Å². The Kier molecular flexibility index (Phi) is 9.07. The van der Waals surface area contributed by atoms with E-state index in [4.69, 9.17) is 4.74 Å². The molecule has 108 valence electrons. The first-order chi connectivity index (χ1) is 9.33. The number of hydrogen-bond acceptors (Lipinski definition) is 2. The molecule has 0 aliphatic carbocycles. The predicted octanol–water partition coefficient (Wildman–Crippen LogP) is 3.22. The van der Waals surface area contributed by atoms with Crippen molar-refractivity contribution in [2.75, 3.05) is 19.8 Å². The van der Waals surface area contributed by atoms with Crippen molar-refractivity contribution in [3.05, 3.63) is 24.3 Å². The number of hydrogen-bond donors (Lipinski definition) is 1. The molecule has 1 aliphatic rings. The third kappa shape index (κ3) is 8.60. The fourth-order valence-corrected chi connectivity index (χ4v) is 2.13.